The van der Waals surface area contributed by atoms with E-state index < -0.39 is 29.2 Å². The smallest absolute Gasteiger partial charge is 0.277 e. The fraction of sp³-hybridized carbons (Fsp3) is 0.304. The molecule has 1 aliphatic carbocycles. The number of aliphatic hydroxyl groups is 1. The molecule has 0 unspecified atom stereocenters. The number of halogens is 2. The molecule has 3 aromatic rings. The van der Waals surface area contributed by atoms with E-state index in [1.807, 2.05) is 0 Å². The fourth-order valence-corrected chi connectivity index (χ4v) is 5.31. The number of piperidine rings is 1. The summed E-state index contributed by atoms with van der Waals surface area (Å²) in [4.78, 5) is 39.7. The highest BCUT2D eigenvalue weighted by Gasteiger charge is 2.67. The molecular weight excluding hydrogens is 509 g/mol. The number of primary amides is 1. The summed E-state index contributed by atoms with van der Waals surface area (Å²) in [5.41, 5.74) is 5.44. The Morgan fingerprint density at radius 3 is 2.68 bits per heavy atom. The summed E-state index contributed by atoms with van der Waals surface area (Å²) < 4.78 is 17.1. The number of rotatable bonds is 6. The average Bonchev–Trinajstić information content (AvgIpc) is 3.26. The van der Waals surface area contributed by atoms with Crippen molar-refractivity contribution in [2.45, 2.75) is 31.5 Å². The third-order valence-corrected chi connectivity index (χ3v) is 7.20. The van der Waals surface area contributed by atoms with Gasteiger partial charge in [0.15, 0.2) is 5.69 Å². The van der Waals surface area contributed by atoms with Crippen LogP contribution in [0.25, 0.3) is 10.9 Å². The number of para-hydroxylation sites is 1. The van der Waals surface area contributed by atoms with Crippen LogP contribution in [0.15, 0.2) is 53.0 Å². The van der Waals surface area contributed by atoms with Crippen molar-refractivity contribution in [2.75, 3.05) is 11.7 Å². The molecule has 1 saturated carbocycles. The van der Waals surface area contributed by atoms with Gasteiger partial charge in [0, 0.05) is 21.3 Å². The maximum Gasteiger partial charge on any atom is 0.277 e. The van der Waals surface area contributed by atoms with Gasteiger partial charge in [0.25, 0.3) is 11.8 Å². The number of aliphatic hydroxyl groups excluding tert-OH is 1. The Labute approximate surface area is 202 Å². The molecule has 0 bridgehead atoms. The van der Waals surface area contributed by atoms with E-state index in [0.717, 1.165) is 0 Å². The number of likely N-dealkylation sites (tertiary alicyclic amines) is 1. The standard InChI is InChI=1S/C23H21BrFN5O4/c24-13-4-3-5-14(8-13)30(25)22(34)17-9-23(12-31)10-18(23)29(17)19(32)11-28-16-7-2-1-6-15(16)20(27-28)21(26)33/h1-8,17-18,31H,9-12H2,(H2,26,33)/t17-,18+,23-/m0/s1. The third-order valence-electron chi connectivity index (χ3n) is 6.71. The monoisotopic (exact) mass is 529 g/mol. The first-order valence-corrected chi connectivity index (χ1v) is 11.5. The first-order chi connectivity index (χ1) is 16.3. The van der Waals surface area contributed by atoms with E-state index in [-0.39, 0.29) is 42.1 Å². The van der Waals surface area contributed by atoms with E-state index in [4.69, 9.17) is 5.73 Å². The highest BCUT2D eigenvalue weighted by Crippen LogP contribution is 2.59. The van der Waals surface area contributed by atoms with Gasteiger partial charge >= 0.3 is 0 Å². The van der Waals surface area contributed by atoms with Gasteiger partial charge in [-0.2, -0.15) is 5.10 Å². The van der Waals surface area contributed by atoms with Crippen LogP contribution in [-0.2, 0) is 16.1 Å². The van der Waals surface area contributed by atoms with Crippen molar-refractivity contribution in [1.29, 1.82) is 0 Å². The Morgan fingerprint density at radius 1 is 1.21 bits per heavy atom. The quantitative estimate of drug-likeness (QED) is 0.474. The lowest BCUT2D eigenvalue weighted by Crippen LogP contribution is -2.48. The average molecular weight is 530 g/mol. The molecule has 1 saturated heterocycles. The van der Waals surface area contributed by atoms with Gasteiger partial charge in [-0.15, -0.1) is 5.12 Å². The molecule has 5 rings (SSSR count). The molecule has 1 aromatic heterocycles. The molecule has 3 amide bonds. The van der Waals surface area contributed by atoms with Crippen molar-refractivity contribution in [3.63, 3.8) is 0 Å². The minimum atomic E-state index is -1.07. The summed E-state index contributed by atoms with van der Waals surface area (Å²) in [5.74, 6) is -2.06. The van der Waals surface area contributed by atoms with Crippen molar-refractivity contribution < 1.29 is 24.0 Å². The number of carbonyl (C=O) groups excluding carboxylic acids is 3. The number of fused-ring (bicyclic) bond motifs is 2. The number of carbonyl (C=O) groups is 3. The minimum Gasteiger partial charge on any atom is -0.396 e. The van der Waals surface area contributed by atoms with Crippen molar-refractivity contribution >= 4 is 50.2 Å². The van der Waals surface area contributed by atoms with Crippen LogP contribution in [0.2, 0.25) is 0 Å². The van der Waals surface area contributed by atoms with E-state index in [1.165, 1.54) is 21.7 Å². The largest absolute Gasteiger partial charge is 0.396 e. The summed E-state index contributed by atoms with van der Waals surface area (Å²) in [6.45, 7) is -0.469. The first kappa shape index (κ1) is 22.5. The van der Waals surface area contributed by atoms with Crippen LogP contribution in [0, 0.1) is 5.41 Å². The number of benzene rings is 2. The van der Waals surface area contributed by atoms with Crippen molar-refractivity contribution in [1.82, 2.24) is 14.7 Å². The SMILES string of the molecule is NC(=O)c1nn(CC(=O)N2[C@H](C(=O)N(F)c3cccc(Br)c3)C[C@@]3(CO)C[C@@H]23)c2ccccc12. The summed E-state index contributed by atoms with van der Waals surface area (Å²) in [7, 11) is 0. The normalized spacial score (nSPS) is 23.1. The summed E-state index contributed by atoms with van der Waals surface area (Å²) in [5, 5.41) is 14.7. The molecule has 34 heavy (non-hydrogen) atoms. The second-order valence-corrected chi connectivity index (χ2v) is 9.66. The van der Waals surface area contributed by atoms with Crippen LogP contribution in [0.1, 0.15) is 23.3 Å². The van der Waals surface area contributed by atoms with E-state index in [1.54, 1.807) is 36.4 Å². The molecule has 3 N–H and O–H groups in total. The lowest BCUT2D eigenvalue weighted by Gasteiger charge is -2.28. The van der Waals surface area contributed by atoms with Gasteiger partial charge in [-0.3, -0.25) is 19.1 Å². The molecule has 0 spiro atoms. The lowest BCUT2D eigenvalue weighted by molar-refractivity contribution is -0.140. The Hall–Kier alpha value is -3.31. The molecular formula is C23H21BrFN5O4. The van der Waals surface area contributed by atoms with Crippen LogP contribution < -0.4 is 10.9 Å². The molecule has 9 nitrogen and oxygen atoms in total. The molecule has 2 aliphatic rings. The maximum absolute atomic E-state index is 15.1. The Morgan fingerprint density at radius 2 is 1.97 bits per heavy atom. The van der Waals surface area contributed by atoms with Crippen molar-refractivity contribution in [3.8, 4) is 0 Å². The van der Waals surface area contributed by atoms with Gasteiger partial charge in [-0.05, 0) is 37.1 Å². The molecule has 1 aliphatic heterocycles. The number of hydrogen-bond donors (Lipinski definition) is 2. The summed E-state index contributed by atoms with van der Waals surface area (Å²) in [6.07, 6.45) is 0.703. The zero-order valence-electron chi connectivity index (χ0n) is 17.9. The molecule has 2 aromatic carbocycles. The number of hydrogen-bond acceptors (Lipinski definition) is 5. The van der Waals surface area contributed by atoms with Gasteiger partial charge in [-0.1, -0.05) is 44.7 Å². The van der Waals surface area contributed by atoms with Crippen LogP contribution in [0.4, 0.5) is 10.2 Å². The topological polar surface area (TPSA) is 122 Å². The number of nitrogens with two attached hydrogens (primary N) is 1. The van der Waals surface area contributed by atoms with Gasteiger partial charge in [0.1, 0.15) is 12.6 Å². The molecule has 3 atom stereocenters. The molecule has 0 radical (unpaired) electrons. The van der Waals surface area contributed by atoms with Gasteiger partial charge < -0.3 is 15.7 Å². The Bertz CT molecular complexity index is 1330. The van der Waals surface area contributed by atoms with Crippen LogP contribution in [0.3, 0.4) is 0 Å². The predicted molar refractivity (Wildman–Crippen MR) is 124 cm³/mol. The third kappa shape index (κ3) is 3.55. The van der Waals surface area contributed by atoms with E-state index in [9.17, 15) is 19.5 Å². The highest BCUT2D eigenvalue weighted by molar-refractivity contribution is 9.10. The van der Waals surface area contributed by atoms with Crippen molar-refractivity contribution in [2.24, 2.45) is 11.1 Å². The summed E-state index contributed by atoms with van der Waals surface area (Å²) in [6, 6.07) is 11.6. The van der Waals surface area contributed by atoms with Gasteiger partial charge in [0.05, 0.1) is 17.8 Å². The molecule has 2 fully saturated rings. The van der Waals surface area contributed by atoms with Crippen LogP contribution >= 0.6 is 15.9 Å². The predicted octanol–water partition coefficient (Wildman–Crippen LogP) is 2.17. The minimum absolute atomic E-state index is 0.0366. The van der Waals surface area contributed by atoms with Gasteiger partial charge in [0.2, 0.25) is 5.91 Å². The van der Waals surface area contributed by atoms with E-state index >= 15 is 4.48 Å². The molecule has 11 heteroatoms. The summed E-state index contributed by atoms with van der Waals surface area (Å²) >= 11 is 3.26. The van der Waals surface area contributed by atoms with Crippen LogP contribution in [0.5, 0.6) is 0 Å². The number of nitrogens with zero attached hydrogens (tertiary/aromatic N) is 4. The number of amides is 3. The van der Waals surface area contributed by atoms with E-state index in [2.05, 4.69) is 21.0 Å². The lowest BCUT2D eigenvalue weighted by atomic mass is 10.00. The van der Waals surface area contributed by atoms with Gasteiger partial charge in [-0.25, -0.2) is 0 Å². The number of aromatic nitrogens is 2. The number of anilines is 1. The van der Waals surface area contributed by atoms with Crippen LogP contribution in [-0.4, -0.2) is 56.2 Å². The highest BCUT2D eigenvalue weighted by atomic mass is 79.9. The zero-order valence-corrected chi connectivity index (χ0v) is 19.5. The Balaban J connectivity index is 1.44. The second-order valence-electron chi connectivity index (χ2n) is 8.75. The second kappa shape index (κ2) is 8.17. The molecule has 176 valence electrons. The first-order valence-electron chi connectivity index (χ1n) is 10.7. The maximum atomic E-state index is 15.1. The zero-order chi connectivity index (χ0) is 24.2. The molecule has 2 heterocycles. The van der Waals surface area contributed by atoms with Crippen molar-refractivity contribution in [3.05, 3.63) is 58.7 Å². The van der Waals surface area contributed by atoms with E-state index in [0.29, 0.717) is 21.8 Å². The fourth-order valence-electron chi connectivity index (χ4n) is 4.92. The Kier molecular flexibility index (Phi) is 5.40.